The van der Waals surface area contributed by atoms with Crippen molar-refractivity contribution in [3.05, 3.63) is 59.7 Å². The second-order valence-corrected chi connectivity index (χ2v) is 6.53. The number of aromatic hydroxyl groups is 1. The van der Waals surface area contributed by atoms with Crippen LogP contribution >= 0.6 is 0 Å². The second-order valence-electron chi connectivity index (χ2n) is 4.93. The highest BCUT2D eigenvalue weighted by Crippen LogP contribution is 2.30. The highest BCUT2D eigenvalue weighted by atomic mass is 32.2. The fourth-order valence-electron chi connectivity index (χ4n) is 2.20. The topological polar surface area (TPSA) is 101 Å². The van der Waals surface area contributed by atoms with Gasteiger partial charge in [0, 0.05) is 12.0 Å². The molecule has 0 fully saturated rings. The van der Waals surface area contributed by atoms with E-state index >= 15 is 0 Å². The number of phenolic OH excluding ortho intramolecular Hbond substituents is 1. The Morgan fingerprint density at radius 3 is 2.39 bits per heavy atom. The molecule has 0 aliphatic heterocycles. The minimum Gasteiger partial charge on any atom is -0.504 e. The van der Waals surface area contributed by atoms with Crippen LogP contribution in [0.25, 0.3) is 0 Å². The Balaban J connectivity index is 2.32. The Kier molecular flexibility index (Phi) is 5.02. The fourth-order valence-corrected chi connectivity index (χ4v) is 3.06. The standard InChI is InChI=1S/C16H16O6S/c1-22-15-9-12(7-8-13(15)17)14(18)10-16(23(19,20)21)11-5-3-2-4-6-11/h2-9,16-17H,10H2,1H3,(H,19,20,21). The van der Waals surface area contributed by atoms with Crippen LogP contribution in [0.4, 0.5) is 0 Å². The average Bonchev–Trinajstić information content (AvgIpc) is 2.52. The van der Waals surface area contributed by atoms with Crippen molar-refractivity contribution in [2.75, 3.05) is 7.11 Å². The number of phenols is 1. The Hall–Kier alpha value is -2.38. The van der Waals surface area contributed by atoms with E-state index in [1.165, 1.54) is 37.4 Å². The largest absolute Gasteiger partial charge is 0.504 e. The molecule has 2 aromatic carbocycles. The van der Waals surface area contributed by atoms with Gasteiger partial charge in [-0.05, 0) is 23.8 Å². The highest BCUT2D eigenvalue weighted by molar-refractivity contribution is 7.86. The molecular formula is C16H16O6S. The normalized spacial score (nSPS) is 12.6. The zero-order valence-electron chi connectivity index (χ0n) is 12.3. The maximum Gasteiger partial charge on any atom is 0.272 e. The minimum atomic E-state index is -4.45. The molecule has 1 atom stereocenters. The Labute approximate surface area is 134 Å². The summed E-state index contributed by atoms with van der Waals surface area (Å²) >= 11 is 0. The number of rotatable bonds is 6. The monoisotopic (exact) mass is 336 g/mol. The first kappa shape index (κ1) is 17.0. The van der Waals surface area contributed by atoms with Crippen molar-refractivity contribution in [1.82, 2.24) is 0 Å². The first-order valence-electron chi connectivity index (χ1n) is 6.74. The number of benzene rings is 2. The van der Waals surface area contributed by atoms with Crippen LogP contribution in [0.2, 0.25) is 0 Å². The van der Waals surface area contributed by atoms with Gasteiger partial charge in [0.1, 0.15) is 5.25 Å². The number of carbonyl (C=O) groups excluding carboxylic acids is 1. The van der Waals surface area contributed by atoms with Gasteiger partial charge in [-0.2, -0.15) is 8.42 Å². The van der Waals surface area contributed by atoms with Crippen molar-refractivity contribution in [3.63, 3.8) is 0 Å². The van der Waals surface area contributed by atoms with Gasteiger partial charge in [0.2, 0.25) is 0 Å². The van der Waals surface area contributed by atoms with E-state index in [-0.39, 0.29) is 17.1 Å². The molecule has 0 bridgehead atoms. The maximum atomic E-state index is 12.3. The van der Waals surface area contributed by atoms with Gasteiger partial charge in [0.25, 0.3) is 10.1 Å². The average molecular weight is 336 g/mol. The van der Waals surface area contributed by atoms with E-state index in [0.29, 0.717) is 5.56 Å². The molecule has 2 aromatic rings. The van der Waals surface area contributed by atoms with Crippen molar-refractivity contribution in [2.24, 2.45) is 0 Å². The lowest BCUT2D eigenvalue weighted by Crippen LogP contribution is -2.16. The van der Waals surface area contributed by atoms with E-state index in [1.807, 2.05) is 0 Å². The van der Waals surface area contributed by atoms with E-state index in [1.54, 1.807) is 18.2 Å². The van der Waals surface area contributed by atoms with E-state index in [0.717, 1.165) is 0 Å². The van der Waals surface area contributed by atoms with E-state index in [4.69, 9.17) is 4.74 Å². The van der Waals surface area contributed by atoms with Crippen LogP contribution < -0.4 is 4.74 Å². The van der Waals surface area contributed by atoms with E-state index in [2.05, 4.69) is 0 Å². The lowest BCUT2D eigenvalue weighted by molar-refractivity contribution is 0.0979. The van der Waals surface area contributed by atoms with Crippen molar-refractivity contribution in [1.29, 1.82) is 0 Å². The predicted molar refractivity (Wildman–Crippen MR) is 84.3 cm³/mol. The van der Waals surface area contributed by atoms with Gasteiger partial charge >= 0.3 is 0 Å². The minimum absolute atomic E-state index is 0.110. The number of carbonyl (C=O) groups is 1. The van der Waals surface area contributed by atoms with E-state index in [9.17, 15) is 22.9 Å². The van der Waals surface area contributed by atoms with Crippen LogP contribution in [0.5, 0.6) is 11.5 Å². The smallest absolute Gasteiger partial charge is 0.272 e. The van der Waals surface area contributed by atoms with Crippen molar-refractivity contribution in [2.45, 2.75) is 11.7 Å². The quantitative estimate of drug-likeness (QED) is 0.621. The van der Waals surface area contributed by atoms with Crippen LogP contribution in [-0.2, 0) is 10.1 Å². The summed E-state index contributed by atoms with van der Waals surface area (Å²) in [5, 5.41) is 8.18. The summed E-state index contributed by atoms with van der Waals surface area (Å²) in [5.41, 5.74) is 0.512. The zero-order chi connectivity index (χ0) is 17.0. The molecule has 0 amide bonds. The molecule has 0 radical (unpaired) electrons. The summed E-state index contributed by atoms with van der Waals surface area (Å²) in [6.45, 7) is 0. The third kappa shape index (κ3) is 4.08. The van der Waals surface area contributed by atoms with Crippen LogP contribution in [0, 0.1) is 0 Å². The van der Waals surface area contributed by atoms with Gasteiger partial charge in [0.15, 0.2) is 17.3 Å². The van der Waals surface area contributed by atoms with Gasteiger partial charge in [-0.1, -0.05) is 30.3 Å². The molecule has 2 rings (SSSR count). The molecule has 0 spiro atoms. The number of hydrogen-bond donors (Lipinski definition) is 2. The summed E-state index contributed by atoms with van der Waals surface area (Å²) in [6.07, 6.45) is -0.420. The predicted octanol–water partition coefficient (Wildman–Crippen LogP) is 2.60. The van der Waals surface area contributed by atoms with Crippen LogP contribution in [0.3, 0.4) is 0 Å². The molecular weight excluding hydrogens is 320 g/mol. The maximum absolute atomic E-state index is 12.3. The molecule has 0 aliphatic carbocycles. The van der Waals surface area contributed by atoms with Gasteiger partial charge in [-0.3, -0.25) is 9.35 Å². The molecule has 2 N–H and O–H groups in total. The number of methoxy groups -OCH3 is 1. The second kappa shape index (κ2) is 6.80. The highest BCUT2D eigenvalue weighted by Gasteiger charge is 2.28. The molecule has 0 aromatic heterocycles. The summed E-state index contributed by atoms with van der Waals surface area (Å²) in [6, 6.07) is 12.0. The summed E-state index contributed by atoms with van der Waals surface area (Å²) in [4.78, 5) is 12.3. The zero-order valence-corrected chi connectivity index (χ0v) is 13.2. The molecule has 6 nitrogen and oxygen atoms in total. The number of ketones is 1. The third-order valence-corrected chi connectivity index (χ3v) is 4.56. The van der Waals surface area contributed by atoms with Gasteiger partial charge in [-0.15, -0.1) is 0 Å². The number of ether oxygens (including phenoxy) is 1. The van der Waals surface area contributed by atoms with Crippen LogP contribution in [0.1, 0.15) is 27.6 Å². The Bertz CT molecular complexity index is 799. The SMILES string of the molecule is COc1cc(C(=O)CC(c2ccccc2)S(=O)(=O)O)ccc1O. The van der Waals surface area contributed by atoms with Gasteiger partial charge < -0.3 is 9.84 Å². The molecule has 0 saturated heterocycles. The number of Topliss-reactive ketones (excluding diaryl/α,β-unsaturated/α-hetero) is 1. The molecule has 23 heavy (non-hydrogen) atoms. The van der Waals surface area contributed by atoms with Crippen LogP contribution in [-0.4, -0.2) is 31.0 Å². The van der Waals surface area contributed by atoms with Gasteiger partial charge in [-0.25, -0.2) is 0 Å². The molecule has 0 saturated carbocycles. The molecule has 1 unspecified atom stereocenters. The lowest BCUT2D eigenvalue weighted by atomic mass is 10.0. The Morgan fingerprint density at radius 2 is 1.83 bits per heavy atom. The molecule has 122 valence electrons. The molecule has 0 heterocycles. The van der Waals surface area contributed by atoms with Crippen molar-refractivity contribution >= 4 is 15.9 Å². The molecule has 0 aliphatic rings. The van der Waals surface area contributed by atoms with Crippen molar-refractivity contribution < 1.29 is 27.6 Å². The lowest BCUT2D eigenvalue weighted by Gasteiger charge is -2.14. The Morgan fingerprint density at radius 1 is 1.17 bits per heavy atom. The first-order valence-corrected chi connectivity index (χ1v) is 8.24. The van der Waals surface area contributed by atoms with Gasteiger partial charge in [0.05, 0.1) is 7.11 Å². The van der Waals surface area contributed by atoms with E-state index < -0.39 is 27.6 Å². The van der Waals surface area contributed by atoms with Crippen LogP contribution in [0.15, 0.2) is 48.5 Å². The fraction of sp³-hybridized carbons (Fsp3) is 0.188. The first-order chi connectivity index (χ1) is 10.8. The summed E-state index contributed by atoms with van der Waals surface area (Å²) < 4.78 is 37.6. The summed E-state index contributed by atoms with van der Waals surface area (Å²) in [7, 11) is -3.10. The molecule has 7 heteroatoms. The third-order valence-electron chi connectivity index (χ3n) is 3.40. The van der Waals surface area contributed by atoms with Crippen molar-refractivity contribution in [3.8, 4) is 11.5 Å². The summed E-state index contributed by atoms with van der Waals surface area (Å²) in [5.74, 6) is -0.507. The number of hydrogen-bond acceptors (Lipinski definition) is 5.